The van der Waals surface area contributed by atoms with Crippen molar-refractivity contribution in [2.75, 3.05) is 10.6 Å². The minimum atomic E-state index is -0.259. The molecule has 0 fully saturated rings. The van der Waals surface area contributed by atoms with E-state index < -0.39 is 0 Å². The average molecular weight is 312 g/mol. The number of hydrogen-bond donors (Lipinski definition) is 2. The first-order chi connectivity index (χ1) is 11.0. The Kier molecular flexibility index (Phi) is 5.68. The van der Waals surface area contributed by atoms with Crippen LogP contribution in [0.3, 0.4) is 0 Å². The molecular weight excluding hydrogens is 288 g/mol. The molecular formula is C18H24N4O. The minimum absolute atomic E-state index is 0.259. The molecule has 122 valence electrons. The van der Waals surface area contributed by atoms with E-state index in [0.29, 0.717) is 23.5 Å². The smallest absolute Gasteiger partial charge is 0.276 e. The van der Waals surface area contributed by atoms with Gasteiger partial charge in [-0.05, 0) is 49.1 Å². The number of anilines is 2. The van der Waals surface area contributed by atoms with E-state index in [1.165, 1.54) is 5.56 Å². The Bertz CT molecular complexity index is 635. The van der Waals surface area contributed by atoms with E-state index in [9.17, 15) is 4.79 Å². The molecule has 0 bridgehead atoms. The lowest BCUT2D eigenvalue weighted by atomic mass is 10.0. The number of carbonyl (C=O) groups is 1. The predicted molar refractivity (Wildman–Crippen MR) is 93.9 cm³/mol. The van der Waals surface area contributed by atoms with Crippen molar-refractivity contribution in [3.05, 3.63) is 47.7 Å². The van der Waals surface area contributed by atoms with E-state index in [1.54, 1.807) is 12.1 Å². The van der Waals surface area contributed by atoms with E-state index in [2.05, 4.69) is 48.5 Å². The van der Waals surface area contributed by atoms with E-state index in [4.69, 9.17) is 0 Å². The maximum Gasteiger partial charge on any atom is 0.276 e. The van der Waals surface area contributed by atoms with Crippen LogP contribution in [0.2, 0.25) is 0 Å². The summed E-state index contributed by atoms with van der Waals surface area (Å²) in [6, 6.07) is 11.6. The van der Waals surface area contributed by atoms with Crippen LogP contribution in [0.25, 0.3) is 0 Å². The summed E-state index contributed by atoms with van der Waals surface area (Å²) in [4.78, 5) is 12.2. The Balaban J connectivity index is 2.00. The number of aromatic nitrogens is 2. The number of nitrogens with one attached hydrogen (secondary N) is 2. The number of hydrogen-bond acceptors (Lipinski definition) is 4. The van der Waals surface area contributed by atoms with Crippen molar-refractivity contribution >= 4 is 17.4 Å². The van der Waals surface area contributed by atoms with Crippen LogP contribution in [0, 0.1) is 0 Å². The Labute approximate surface area is 137 Å². The van der Waals surface area contributed by atoms with Gasteiger partial charge >= 0.3 is 0 Å². The maximum atomic E-state index is 12.2. The van der Waals surface area contributed by atoms with Crippen LogP contribution < -0.4 is 10.6 Å². The zero-order valence-electron chi connectivity index (χ0n) is 14.1. The topological polar surface area (TPSA) is 66.9 Å². The molecule has 2 aromatic rings. The van der Waals surface area contributed by atoms with Gasteiger partial charge in [0.1, 0.15) is 5.82 Å². The van der Waals surface area contributed by atoms with Crippen molar-refractivity contribution in [1.82, 2.24) is 10.2 Å². The largest absolute Gasteiger partial charge is 0.366 e. The van der Waals surface area contributed by atoms with E-state index >= 15 is 0 Å². The molecule has 23 heavy (non-hydrogen) atoms. The molecule has 0 saturated carbocycles. The summed E-state index contributed by atoms with van der Waals surface area (Å²) < 4.78 is 0. The monoisotopic (exact) mass is 312 g/mol. The molecule has 1 heterocycles. The Morgan fingerprint density at radius 2 is 1.74 bits per heavy atom. The third-order valence-electron chi connectivity index (χ3n) is 3.74. The molecule has 1 aromatic heterocycles. The van der Waals surface area contributed by atoms with Gasteiger partial charge in [-0.2, -0.15) is 0 Å². The summed E-state index contributed by atoms with van der Waals surface area (Å²) in [7, 11) is 0. The van der Waals surface area contributed by atoms with Gasteiger partial charge in [0.2, 0.25) is 0 Å². The van der Waals surface area contributed by atoms with Crippen LogP contribution in [-0.4, -0.2) is 22.1 Å². The second kappa shape index (κ2) is 7.72. The van der Waals surface area contributed by atoms with Crippen LogP contribution in [0.1, 0.15) is 56.1 Å². The van der Waals surface area contributed by atoms with Gasteiger partial charge in [0, 0.05) is 11.7 Å². The summed E-state index contributed by atoms with van der Waals surface area (Å²) in [5, 5.41) is 14.1. The van der Waals surface area contributed by atoms with Crippen molar-refractivity contribution in [2.45, 2.75) is 46.1 Å². The third kappa shape index (κ3) is 4.77. The first kappa shape index (κ1) is 16.9. The maximum absolute atomic E-state index is 12.2. The van der Waals surface area contributed by atoms with Gasteiger partial charge in [-0.1, -0.05) is 32.9 Å². The molecule has 1 aromatic carbocycles. The van der Waals surface area contributed by atoms with Gasteiger partial charge in [-0.3, -0.25) is 4.79 Å². The van der Waals surface area contributed by atoms with Crippen molar-refractivity contribution in [1.29, 1.82) is 0 Å². The molecule has 1 amide bonds. The Morgan fingerprint density at radius 3 is 2.26 bits per heavy atom. The fourth-order valence-corrected chi connectivity index (χ4v) is 2.03. The molecule has 2 rings (SSSR count). The summed E-state index contributed by atoms with van der Waals surface area (Å²) in [5.41, 5.74) is 2.29. The highest BCUT2D eigenvalue weighted by Crippen LogP contribution is 2.17. The summed E-state index contributed by atoms with van der Waals surface area (Å²) in [6.07, 6.45) is 0.996. The average Bonchev–Trinajstić information content (AvgIpc) is 2.55. The summed E-state index contributed by atoms with van der Waals surface area (Å²) in [5.74, 6) is 0.887. The number of nitrogens with zero attached hydrogens (tertiary/aromatic N) is 2. The third-order valence-corrected chi connectivity index (χ3v) is 3.74. The van der Waals surface area contributed by atoms with Crippen LogP contribution >= 0.6 is 0 Å². The molecule has 0 aliphatic carbocycles. The van der Waals surface area contributed by atoms with Gasteiger partial charge in [0.15, 0.2) is 5.69 Å². The number of carbonyl (C=O) groups excluding carboxylic acids is 1. The highest BCUT2D eigenvalue weighted by atomic mass is 16.1. The second-order valence-corrected chi connectivity index (χ2v) is 5.99. The predicted octanol–water partition coefficient (Wildman–Crippen LogP) is 4.06. The molecule has 0 saturated heterocycles. The van der Waals surface area contributed by atoms with E-state index in [0.717, 1.165) is 12.1 Å². The lowest BCUT2D eigenvalue weighted by molar-refractivity contribution is 0.102. The first-order valence-electron chi connectivity index (χ1n) is 8.01. The zero-order chi connectivity index (χ0) is 16.8. The van der Waals surface area contributed by atoms with Crippen molar-refractivity contribution in [3.8, 4) is 0 Å². The normalized spacial score (nSPS) is 12.0. The van der Waals surface area contributed by atoms with Gasteiger partial charge in [0.25, 0.3) is 5.91 Å². The number of rotatable bonds is 6. The van der Waals surface area contributed by atoms with Gasteiger partial charge < -0.3 is 10.6 Å². The molecule has 2 N–H and O–H groups in total. The van der Waals surface area contributed by atoms with Crippen LogP contribution in [-0.2, 0) is 0 Å². The lowest BCUT2D eigenvalue weighted by Gasteiger charge is -2.11. The standard InChI is InChI=1S/C18H24N4O/c1-5-13(4)19-17-11-10-16(21-22-17)18(23)20-15-8-6-14(7-9-15)12(2)3/h6-13H,5H2,1-4H3,(H,19,22)(H,20,23). The zero-order valence-corrected chi connectivity index (χ0v) is 14.1. The highest BCUT2D eigenvalue weighted by molar-refractivity contribution is 6.02. The number of benzene rings is 1. The van der Waals surface area contributed by atoms with E-state index in [-0.39, 0.29) is 5.91 Å². The fraction of sp³-hybridized carbons (Fsp3) is 0.389. The Hall–Kier alpha value is -2.43. The van der Waals surface area contributed by atoms with E-state index in [1.807, 2.05) is 24.3 Å². The van der Waals surface area contributed by atoms with Gasteiger partial charge in [0.05, 0.1) is 0 Å². The molecule has 5 heteroatoms. The lowest BCUT2D eigenvalue weighted by Crippen LogP contribution is -2.17. The molecule has 0 radical (unpaired) electrons. The van der Waals surface area contributed by atoms with Crippen LogP contribution in [0.4, 0.5) is 11.5 Å². The van der Waals surface area contributed by atoms with Crippen molar-refractivity contribution in [3.63, 3.8) is 0 Å². The first-order valence-corrected chi connectivity index (χ1v) is 8.01. The quantitative estimate of drug-likeness (QED) is 0.844. The van der Waals surface area contributed by atoms with Gasteiger partial charge in [-0.25, -0.2) is 0 Å². The summed E-state index contributed by atoms with van der Waals surface area (Å²) >= 11 is 0. The van der Waals surface area contributed by atoms with Crippen LogP contribution in [0.5, 0.6) is 0 Å². The summed E-state index contributed by atoms with van der Waals surface area (Å²) in [6.45, 7) is 8.44. The SMILES string of the molecule is CCC(C)Nc1ccc(C(=O)Nc2ccc(C(C)C)cc2)nn1. The molecule has 0 aliphatic heterocycles. The van der Waals surface area contributed by atoms with Crippen molar-refractivity contribution in [2.24, 2.45) is 0 Å². The molecule has 0 aliphatic rings. The molecule has 1 atom stereocenters. The van der Waals surface area contributed by atoms with Crippen LogP contribution in [0.15, 0.2) is 36.4 Å². The minimum Gasteiger partial charge on any atom is -0.366 e. The molecule has 5 nitrogen and oxygen atoms in total. The molecule has 1 unspecified atom stereocenters. The van der Waals surface area contributed by atoms with Gasteiger partial charge in [-0.15, -0.1) is 10.2 Å². The fourth-order valence-electron chi connectivity index (χ4n) is 2.03. The number of amides is 1. The Morgan fingerprint density at radius 1 is 1.04 bits per heavy atom. The van der Waals surface area contributed by atoms with Crippen molar-refractivity contribution < 1.29 is 4.79 Å². The highest BCUT2D eigenvalue weighted by Gasteiger charge is 2.09. The second-order valence-electron chi connectivity index (χ2n) is 5.99. The molecule has 0 spiro atoms.